The molecular weight excluding hydrogens is 559 g/mol. The van der Waals surface area contributed by atoms with Crippen LogP contribution < -0.4 is 10.0 Å². The number of hydrogen-bond acceptors (Lipinski definition) is 4. The molecule has 2 amide bonds. The fraction of sp³-hybridized carbons (Fsp3) is 0.292. The molecule has 39 heavy (non-hydrogen) atoms. The Morgan fingerprint density at radius 3 is 2.21 bits per heavy atom. The summed E-state index contributed by atoms with van der Waals surface area (Å²) in [6.07, 6.45) is -14.1. The average Bonchev–Trinajstić information content (AvgIpc) is 2.83. The number of alkyl halides is 6. The number of benzene rings is 2. The number of carbonyl (C=O) groups excluding carboxylic acids is 1. The van der Waals surface area contributed by atoms with Gasteiger partial charge in [-0.25, -0.2) is 17.6 Å². The van der Waals surface area contributed by atoms with E-state index in [1.807, 2.05) is 0 Å². The summed E-state index contributed by atoms with van der Waals surface area (Å²) in [6, 6.07) is 9.49. The van der Waals surface area contributed by atoms with Crippen molar-refractivity contribution in [3.63, 3.8) is 0 Å². The molecule has 1 heterocycles. The minimum absolute atomic E-state index is 0.103. The van der Waals surface area contributed by atoms with Crippen LogP contribution in [0, 0.1) is 0 Å². The minimum atomic E-state index is -6.49. The lowest BCUT2D eigenvalue weighted by Crippen LogP contribution is -2.75. The lowest BCUT2D eigenvalue weighted by Gasteiger charge is -2.47. The number of sulfonamides is 1. The van der Waals surface area contributed by atoms with E-state index in [1.165, 1.54) is 36.0 Å². The van der Waals surface area contributed by atoms with Crippen LogP contribution in [0.3, 0.4) is 0 Å². The van der Waals surface area contributed by atoms with Gasteiger partial charge in [-0.1, -0.05) is 42.5 Å². The number of amides is 2. The molecular formula is C24H20F7N3O4S. The van der Waals surface area contributed by atoms with Crippen LogP contribution in [0.15, 0.2) is 71.4 Å². The maximum atomic E-state index is 15.3. The highest BCUT2D eigenvalue weighted by atomic mass is 32.2. The summed E-state index contributed by atoms with van der Waals surface area (Å²) in [5.74, 6) is -1.52. The highest BCUT2D eigenvalue weighted by Gasteiger charge is 2.80. The second-order valence-corrected chi connectivity index (χ2v) is 10.8. The molecule has 210 valence electrons. The number of nitrogens with zero attached hydrogens (tertiary/aromatic N) is 1. The van der Waals surface area contributed by atoms with Crippen LogP contribution in [0.5, 0.6) is 0 Å². The maximum Gasteiger partial charge on any atom is 0.428 e. The summed E-state index contributed by atoms with van der Waals surface area (Å²) < 4.78 is 127. The maximum absolute atomic E-state index is 15.3. The molecule has 1 atom stereocenters. The van der Waals surface area contributed by atoms with E-state index in [0.29, 0.717) is 6.08 Å². The third-order valence-electron chi connectivity index (χ3n) is 6.51. The molecule has 15 heteroatoms. The lowest BCUT2D eigenvalue weighted by atomic mass is 9.72. The summed E-state index contributed by atoms with van der Waals surface area (Å²) in [7, 11) is -3.91. The average molecular weight is 579 g/mol. The molecule has 0 radical (unpaired) electrons. The summed E-state index contributed by atoms with van der Waals surface area (Å²) >= 11 is 0. The zero-order valence-electron chi connectivity index (χ0n) is 19.9. The second-order valence-electron chi connectivity index (χ2n) is 9.08. The monoisotopic (exact) mass is 579 g/mol. The molecule has 0 saturated carbocycles. The normalized spacial score (nSPS) is 20.6. The lowest BCUT2D eigenvalue weighted by molar-refractivity contribution is -0.384. The summed E-state index contributed by atoms with van der Waals surface area (Å²) in [4.78, 5) is 12.2. The van der Waals surface area contributed by atoms with Gasteiger partial charge in [0.1, 0.15) is 11.4 Å². The van der Waals surface area contributed by atoms with Crippen molar-refractivity contribution in [1.29, 1.82) is 0 Å². The van der Waals surface area contributed by atoms with Crippen molar-refractivity contribution in [3.8, 4) is 0 Å². The molecule has 0 spiro atoms. The molecule has 1 aliphatic heterocycles. The Morgan fingerprint density at radius 1 is 1.03 bits per heavy atom. The van der Waals surface area contributed by atoms with Gasteiger partial charge >= 0.3 is 18.4 Å². The van der Waals surface area contributed by atoms with Gasteiger partial charge in [0.05, 0.1) is 4.90 Å². The zero-order valence-corrected chi connectivity index (χ0v) is 20.7. The Labute approximate surface area is 217 Å². The number of rotatable bonds is 5. The molecule has 4 rings (SSSR count). The van der Waals surface area contributed by atoms with Gasteiger partial charge in [0.25, 0.3) is 5.60 Å². The second kappa shape index (κ2) is 9.34. The first kappa shape index (κ1) is 28.6. The summed E-state index contributed by atoms with van der Waals surface area (Å²) in [5, 5.41) is 12.8. The van der Waals surface area contributed by atoms with Crippen molar-refractivity contribution >= 4 is 27.3 Å². The van der Waals surface area contributed by atoms with E-state index < -0.39 is 56.7 Å². The highest BCUT2D eigenvalue weighted by Crippen LogP contribution is 2.54. The molecule has 7 nitrogen and oxygen atoms in total. The third kappa shape index (κ3) is 4.78. The van der Waals surface area contributed by atoms with Gasteiger partial charge in [0.15, 0.2) is 0 Å². The van der Waals surface area contributed by atoms with E-state index in [0.717, 1.165) is 23.1 Å². The van der Waals surface area contributed by atoms with Crippen molar-refractivity contribution in [2.45, 2.75) is 41.4 Å². The molecule has 1 unspecified atom stereocenters. The molecule has 0 saturated heterocycles. The van der Waals surface area contributed by atoms with Crippen LogP contribution in [0.4, 0.5) is 41.2 Å². The largest absolute Gasteiger partial charge is 0.428 e. The minimum Gasteiger partial charge on any atom is -0.372 e. The van der Waals surface area contributed by atoms with Crippen molar-refractivity contribution < 1.29 is 49.1 Å². The van der Waals surface area contributed by atoms with E-state index in [4.69, 9.17) is 0 Å². The van der Waals surface area contributed by atoms with Crippen molar-refractivity contribution in [1.82, 2.24) is 9.62 Å². The number of hydrogen-bond donors (Lipinski definition) is 3. The quantitative estimate of drug-likeness (QED) is 0.440. The summed E-state index contributed by atoms with van der Waals surface area (Å²) in [6.45, 7) is -0.123. The molecule has 1 aliphatic carbocycles. The number of anilines is 1. The number of halogens is 7. The molecule has 2 aromatic rings. The number of fused-ring (bicyclic) bond motifs is 1. The van der Waals surface area contributed by atoms with Crippen LogP contribution in [-0.2, 0) is 16.6 Å². The van der Waals surface area contributed by atoms with E-state index in [9.17, 15) is 44.7 Å². The fourth-order valence-electron chi connectivity index (χ4n) is 4.47. The molecule has 0 fully saturated rings. The Hall–Kier alpha value is -3.43. The van der Waals surface area contributed by atoms with Gasteiger partial charge in [-0.05, 0) is 29.3 Å². The zero-order chi connectivity index (χ0) is 29.0. The standard InChI is InChI=1S/C24H20F7N3O4S/c1-34-13-15-11-16(7-8-19(15)32-20(34)35)39(37,38)33-21(22(36,23(26,27)28)24(29,30)31)10-9-17(18(25)12-21)14-5-3-2-4-6-14/h2-11,33,36H,12-13H2,1H3,(H,32,35). The van der Waals surface area contributed by atoms with Crippen LogP contribution in [0.25, 0.3) is 5.57 Å². The first-order valence-corrected chi connectivity index (χ1v) is 12.6. The Morgan fingerprint density at radius 2 is 1.64 bits per heavy atom. The first-order valence-electron chi connectivity index (χ1n) is 11.1. The van der Waals surface area contributed by atoms with Gasteiger partial charge in [-0.3, -0.25) is 0 Å². The van der Waals surface area contributed by atoms with Gasteiger partial charge in [-0.15, -0.1) is 0 Å². The van der Waals surface area contributed by atoms with Crippen molar-refractivity contribution in [2.75, 3.05) is 12.4 Å². The van der Waals surface area contributed by atoms with Gasteiger partial charge in [0.2, 0.25) is 10.0 Å². The number of nitrogens with one attached hydrogen (secondary N) is 2. The van der Waals surface area contributed by atoms with Gasteiger partial charge in [-0.2, -0.15) is 31.1 Å². The Balaban J connectivity index is 1.86. The molecule has 2 aliphatic rings. The van der Waals surface area contributed by atoms with Gasteiger partial charge in [0, 0.05) is 31.3 Å². The van der Waals surface area contributed by atoms with Crippen LogP contribution >= 0.6 is 0 Å². The van der Waals surface area contributed by atoms with E-state index in [-0.39, 0.29) is 35.0 Å². The fourth-order valence-corrected chi connectivity index (χ4v) is 5.90. The topological polar surface area (TPSA) is 98.7 Å². The Bertz CT molecular complexity index is 1460. The number of carbonyl (C=O) groups is 1. The van der Waals surface area contributed by atoms with Crippen molar-refractivity contribution in [3.05, 3.63) is 77.6 Å². The number of allylic oxidation sites excluding steroid dienone is 2. The smallest absolute Gasteiger partial charge is 0.372 e. The van der Waals surface area contributed by atoms with Crippen LogP contribution in [0.1, 0.15) is 17.5 Å². The Kier molecular flexibility index (Phi) is 6.85. The highest BCUT2D eigenvalue weighted by molar-refractivity contribution is 7.89. The predicted molar refractivity (Wildman–Crippen MR) is 125 cm³/mol. The van der Waals surface area contributed by atoms with Crippen molar-refractivity contribution in [2.24, 2.45) is 0 Å². The van der Waals surface area contributed by atoms with Gasteiger partial charge < -0.3 is 15.3 Å². The SMILES string of the molecule is CN1Cc2cc(S(=O)(=O)NC3(C(O)(C(F)(F)F)C(F)(F)F)C=CC(c4ccccc4)=C(F)C3)ccc2NC1=O. The number of aliphatic hydroxyl groups is 1. The predicted octanol–water partition coefficient (Wildman–Crippen LogP) is 4.88. The van der Waals surface area contributed by atoms with Crippen LogP contribution in [-0.4, -0.2) is 55.0 Å². The number of urea groups is 1. The van der Waals surface area contributed by atoms with E-state index >= 15 is 4.39 Å². The van der Waals surface area contributed by atoms with Crippen LogP contribution in [0.2, 0.25) is 0 Å². The summed E-state index contributed by atoms with van der Waals surface area (Å²) in [5.41, 5.74) is -9.62. The van der Waals surface area contributed by atoms with E-state index in [2.05, 4.69) is 5.32 Å². The third-order valence-corrected chi connectivity index (χ3v) is 8.02. The molecule has 0 aromatic heterocycles. The molecule has 2 aromatic carbocycles. The molecule has 3 N–H and O–H groups in total. The van der Waals surface area contributed by atoms with E-state index in [1.54, 1.807) is 6.07 Å². The first-order chi connectivity index (χ1) is 17.9. The molecule has 0 bridgehead atoms.